The summed E-state index contributed by atoms with van der Waals surface area (Å²) in [6.45, 7) is 3.33. The number of rotatable bonds is 5. The van der Waals surface area contributed by atoms with Crippen LogP contribution < -0.4 is 0 Å². The quantitative estimate of drug-likeness (QED) is 0.595. The number of hydrogen-bond donors (Lipinski definition) is 0. The van der Waals surface area contributed by atoms with Crippen molar-refractivity contribution in [2.45, 2.75) is 25.6 Å². The van der Waals surface area contributed by atoms with Gasteiger partial charge in [-0.3, -0.25) is 0 Å². The fourth-order valence-electron chi connectivity index (χ4n) is 1.22. The highest BCUT2D eigenvalue weighted by Gasteiger charge is 2.27. The van der Waals surface area contributed by atoms with Crippen LogP contribution in [0.15, 0.2) is 42.5 Å². The van der Waals surface area contributed by atoms with Crippen LogP contribution in [-0.4, -0.2) is 12.1 Å². The molecule has 0 heterocycles. The number of halogens is 3. The van der Waals surface area contributed by atoms with Gasteiger partial charge in [-0.15, -0.1) is 0 Å². The lowest BCUT2D eigenvalue weighted by Crippen LogP contribution is -2.12. The summed E-state index contributed by atoms with van der Waals surface area (Å²) in [5.74, 6) is -0.789. The summed E-state index contributed by atoms with van der Waals surface area (Å²) >= 11 is 0. The van der Waals surface area contributed by atoms with Crippen LogP contribution in [-0.2, 0) is 16.1 Å². The van der Waals surface area contributed by atoms with Crippen LogP contribution in [0, 0.1) is 0 Å². The molecule has 1 aromatic carbocycles. The van der Waals surface area contributed by atoms with Crippen molar-refractivity contribution in [2.24, 2.45) is 0 Å². The molecule has 0 aliphatic rings. The van der Waals surface area contributed by atoms with Crippen molar-refractivity contribution in [1.29, 1.82) is 0 Å². The molecule has 0 atom stereocenters. The number of carbonyl (C=O) groups excluding carboxylic acids is 1. The van der Waals surface area contributed by atoms with E-state index in [1.54, 1.807) is 24.3 Å². The molecule has 0 radical (unpaired) electrons. The van der Waals surface area contributed by atoms with Crippen LogP contribution in [0.4, 0.5) is 13.2 Å². The molecule has 1 aromatic rings. The van der Waals surface area contributed by atoms with Crippen molar-refractivity contribution in [2.75, 3.05) is 0 Å². The average Bonchev–Trinajstić information content (AvgIpc) is 2.33. The van der Waals surface area contributed by atoms with Gasteiger partial charge in [0.1, 0.15) is 6.61 Å². The van der Waals surface area contributed by atoms with Crippen LogP contribution in [0.25, 0.3) is 0 Å². The highest BCUT2D eigenvalue weighted by molar-refractivity contribution is 5.87. The van der Waals surface area contributed by atoms with E-state index in [-0.39, 0.29) is 12.2 Å². The monoisotopic (exact) mass is 258 g/mol. The van der Waals surface area contributed by atoms with Crippen LogP contribution >= 0.6 is 0 Å². The van der Waals surface area contributed by atoms with Crippen LogP contribution in [0.5, 0.6) is 0 Å². The van der Waals surface area contributed by atoms with E-state index in [9.17, 15) is 18.0 Å². The molecule has 0 bridgehead atoms. The molecule has 0 amide bonds. The van der Waals surface area contributed by atoms with Gasteiger partial charge >= 0.3 is 12.1 Å². The third kappa shape index (κ3) is 5.52. The molecule has 2 nitrogen and oxygen atoms in total. The Kier molecular flexibility index (Phi) is 4.95. The standard InChI is InChI=1S/C13H13F3O2/c1-10(7-8-13(14,15)16)12(17)18-9-11-5-3-2-4-6-11/h2-6H,1,7-9H2. The molecule has 0 aliphatic carbocycles. The summed E-state index contributed by atoms with van der Waals surface area (Å²) in [7, 11) is 0. The first-order valence-electron chi connectivity index (χ1n) is 5.34. The molecule has 0 fully saturated rings. The molecular formula is C13H13F3O2. The lowest BCUT2D eigenvalue weighted by molar-refractivity contribution is -0.142. The van der Waals surface area contributed by atoms with E-state index in [0.29, 0.717) is 0 Å². The van der Waals surface area contributed by atoms with E-state index in [1.165, 1.54) is 0 Å². The maximum Gasteiger partial charge on any atom is 0.389 e. The number of esters is 1. The fourth-order valence-corrected chi connectivity index (χ4v) is 1.22. The van der Waals surface area contributed by atoms with Gasteiger partial charge in [-0.05, 0) is 12.0 Å². The van der Waals surface area contributed by atoms with Gasteiger partial charge in [-0.2, -0.15) is 13.2 Å². The summed E-state index contributed by atoms with van der Waals surface area (Å²) in [5.41, 5.74) is 0.609. The van der Waals surface area contributed by atoms with Crippen molar-refractivity contribution in [3.8, 4) is 0 Å². The second-order valence-corrected chi connectivity index (χ2v) is 3.78. The Labute approximate surface area is 103 Å². The molecule has 0 aliphatic heterocycles. The predicted octanol–water partition coefficient (Wildman–Crippen LogP) is 3.63. The molecule has 5 heteroatoms. The number of ether oxygens (including phenoxy) is 1. The Bertz CT molecular complexity index is 410. The predicted molar refractivity (Wildman–Crippen MR) is 60.7 cm³/mol. The van der Waals surface area contributed by atoms with Crippen molar-refractivity contribution in [3.63, 3.8) is 0 Å². The van der Waals surface area contributed by atoms with Crippen LogP contribution in [0.3, 0.4) is 0 Å². The maximum absolute atomic E-state index is 11.9. The van der Waals surface area contributed by atoms with Gasteiger partial charge in [-0.1, -0.05) is 36.9 Å². The van der Waals surface area contributed by atoms with E-state index in [2.05, 4.69) is 6.58 Å². The van der Waals surface area contributed by atoms with Crippen molar-refractivity contribution < 1.29 is 22.7 Å². The van der Waals surface area contributed by atoms with E-state index < -0.39 is 25.0 Å². The fraction of sp³-hybridized carbons (Fsp3) is 0.308. The lowest BCUT2D eigenvalue weighted by Gasteiger charge is -2.08. The summed E-state index contributed by atoms with van der Waals surface area (Å²) in [6.07, 6.45) is -5.79. The number of alkyl halides is 3. The van der Waals surface area contributed by atoms with E-state index >= 15 is 0 Å². The van der Waals surface area contributed by atoms with Crippen molar-refractivity contribution in [1.82, 2.24) is 0 Å². The molecule has 0 saturated carbocycles. The zero-order valence-electron chi connectivity index (χ0n) is 9.67. The van der Waals surface area contributed by atoms with Crippen LogP contribution in [0.1, 0.15) is 18.4 Å². The van der Waals surface area contributed by atoms with Crippen LogP contribution in [0.2, 0.25) is 0 Å². The third-order valence-electron chi connectivity index (χ3n) is 2.21. The van der Waals surface area contributed by atoms with Crippen molar-refractivity contribution >= 4 is 5.97 Å². The normalized spacial score (nSPS) is 11.1. The highest BCUT2D eigenvalue weighted by atomic mass is 19.4. The molecule has 0 spiro atoms. The molecule has 1 rings (SSSR count). The topological polar surface area (TPSA) is 26.3 Å². The van der Waals surface area contributed by atoms with E-state index in [1.807, 2.05) is 6.07 Å². The third-order valence-corrected chi connectivity index (χ3v) is 2.21. The number of carbonyl (C=O) groups is 1. The smallest absolute Gasteiger partial charge is 0.389 e. The Hall–Kier alpha value is -1.78. The Morgan fingerprint density at radius 2 is 1.83 bits per heavy atom. The molecule has 0 unspecified atom stereocenters. The second kappa shape index (κ2) is 6.23. The SMILES string of the molecule is C=C(CCC(F)(F)F)C(=O)OCc1ccccc1. The highest BCUT2D eigenvalue weighted by Crippen LogP contribution is 2.23. The van der Waals surface area contributed by atoms with Gasteiger partial charge in [0.2, 0.25) is 0 Å². The summed E-state index contributed by atoms with van der Waals surface area (Å²) in [5, 5.41) is 0. The lowest BCUT2D eigenvalue weighted by atomic mass is 10.1. The van der Waals surface area contributed by atoms with Gasteiger partial charge in [-0.25, -0.2) is 4.79 Å². The molecule has 98 valence electrons. The first-order valence-corrected chi connectivity index (χ1v) is 5.34. The second-order valence-electron chi connectivity index (χ2n) is 3.78. The summed E-state index contributed by atoms with van der Waals surface area (Å²) in [4.78, 5) is 11.3. The van der Waals surface area contributed by atoms with Crippen molar-refractivity contribution in [3.05, 3.63) is 48.0 Å². The Morgan fingerprint density at radius 3 is 2.39 bits per heavy atom. The summed E-state index contributed by atoms with van der Waals surface area (Å²) < 4.78 is 40.7. The van der Waals surface area contributed by atoms with Gasteiger partial charge in [0.15, 0.2) is 0 Å². The molecular weight excluding hydrogens is 245 g/mol. The average molecular weight is 258 g/mol. The maximum atomic E-state index is 11.9. The molecule has 0 N–H and O–H groups in total. The van der Waals surface area contributed by atoms with Gasteiger partial charge in [0, 0.05) is 12.0 Å². The molecule has 0 saturated heterocycles. The molecule has 18 heavy (non-hydrogen) atoms. The van der Waals surface area contributed by atoms with Gasteiger partial charge in [0.05, 0.1) is 0 Å². The van der Waals surface area contributed by atoms with Gasteiger partial charge in [0.25, 0.3) is 0 Å². The first-order chi connectivity index (χ1) is 8.38. The number of hydrogen-bond acceptors (Lipinski definition) is 2. The summed E-state index contributed by atoms with van der Waals surface area (Å²) in [6, 6.07) is 8.88. The zero-order valence-corrected chi connectivity index (χ0v) is 9.67. The Morgan fingerprint density at radius 1 is 1.22 bits per heavy atom. The minimum Gasteiger partial charge on any atom is -0.457 e. The number of benzene rings is 1. The molecule has 0 aromatic heterocycles. The minimum absolute atomic E-state index is 0.0325. The largest absolute Gasteiger partial charge is 0.457 e. The first kappa shape index (κ1) is 14.3. The van der Waals surface area contributed by atoms with E-state index in [0.717, 1.165) is 5.56 Å². The van der Waals surface area contributed by atoms with Gasteiger partial charge < -0.3 is 4.74 Å². The van der Waals surface area contributed by atoms with E-state index in [4.69, 9.17) is 4.74 Å². The Balaban J connectivity index is 2.35. The minimum atomic E-state index is -4.29. The zero-order chi connectivity index (χ0) is 13.6.